The summed E-state index contributed by atoms with van der Waals surface area (Å²) < 4.78 is 0.984. The lowest BCUT2D eigenvalue weighted by Gasteiger charge is -2.13. The molecule has 0 radical (unpaired) electrons. The van der Waals surface area contributed by atoms with E-state index < -0.39 is 0 Å². The van der Waals surface area contributed by atoms with E-state index in [9.17, 15) is 4.79 Å². The second-order valence-corrected chi connectivity index (χ2v) is 4.76. The number of rotatable bonds is 4. The van der Waals surface area contributed by atoms with Gasteiger partial charge in [0.1, 0.15) is 0 Å². The van der Waals surface area contributed by atoms with Gasteiger partial charge in [0.2, 0.25) is 0 Å². The highest BCUT2D eigenvalue weighted by atomic mass is 79.9. The molecule has 0 bridgehead atoms. The molecule has 0 aliphatic carbocycles. The number of nitrogens with one attached hydrogen (secondary N) is 1. The standard InChI is InChI=1S/C13H15BrN2O/c1-3-11(6-7-15)16-13(17)10-4-5-12(14)9(2)8-10/h4-5,8,11H,3,6H2,1-2H3,(H,16,17). The molecule has 1 aromatic rings. The molecule has 0 saturated carbocycles. The van der Waals surface area contributed by atoms with Crippen LogP contribution in [-0.2, 0) is 0 Å². The fourth-order valence-electron chi connectivity index (χ4n) is 1.46. The van der Waals surface area contributed by atoms with Gasteiger partial charge in [0.05, 0.1) is 12.5 Å². The lowest BCUT2D eigenvalue weighted by Crippen LogP contribution is -2.34. The van der Waals surface area contributed by atoms with Crippen LogP contribution < -0.4 is 5.32 Å². The number of benzene rings is 1. The molecular weight excluding hydrogens is 280 g/mol. The summed E-state index contributed by atoms with van der Waals surface area (Å²) in [6.45, 7) is 3.89. The smallest absolute Gasteiger partial charge is 0.251 e. The molecule has 1 unspecified atom stereocenters. The largest absolute Gasteiger partial charge is 0.348 e. The van der Waals surface area contributed by atoms with Crippen LogP contribution in [0.2, 0.25) is 0 Å². The summed E-state index contributed by atoms with van der Waals surface area (Å²) in [5, 5.41) is 11.5. The van der Waals surface area contributed by atoms with Crippen LogP contribution in [0.3, 0.4) is 0 Å². The molecule has 1 atom stereocenters. The van der Waals surface area contributed by atoms with Crippen molar-refractivity contribution in [3.63, 3.8) is 0 Å². The molecule has 4 heteroatoms. The molecule has 0 heterocycles. The zero-order chi connectivity index (χ0) is 12.8. The van der Waals surface area contributed by atoms with Crippen LogP contribution in [-0.4, -0.2) is 11.9 Å². The highest BCUT2D eigenvalue weighted by molar-refractivity contribution is 9.10. The highest BCUT2D eigenvalue weighted by Gasteiger charge is 2.12. The van der Waals surface area contributed by atoms with E-state index in [-0.39, 0.29) is 11.9 Å². The van der Waals surface area contributed by atoms with Gasteiger partial charge >= 0.3 is 0 Å². The van der Waals surface area contributed by atoms with Gasteiger partial charge in [0.15, 0.2) is 0 Å². The van der Waals surface area contributed by atoms with E-state index in [1.807, 2.05) is 26.0 Å². The molecule has 1 rings (SSSR count). The number of hydrogen-bond acceptors (Lipinski definition) is 2. The maximum Gasteiger partial charge on any atom is 0.251 e. The quantitative estimate of drug-likeness (QED) is 0.927. The molecule has 0 aliphatic heterocycles. The fourth-order valence-corrected chi connectivity index (χ4v) is 1.71. The van der Waals surface area contributed by atoms with Gasteiger partial charge in [0.25, 0.3) is 5.91 Å². The summed E-state index contributed by atoms with van der Waals surface area (Å²) in [5.41, 5.74) is 1.65. The first-order chi connectivity index (χ1) is 8.08. The Kier molecular flexibility index (Phi) is 5.17. The molecule has 1 N–H and O–H groups in total. The van der Waals surface area contributed by atoms with Crippen molar-refractivity contribution in [3.05, 3.63) is 33.8 Å². The van der Waals surface area contributed by atoms with Crippen molar-refractivity contribution in [2.24, 2.45) is 0 Å². The number of carbonyl (C=O) groups excluding carboxylic acids is 1. The molecule has 1 amide bonds. The molecule has 0 aliphatic rings. The number of halogens is 1. The van der Waals surface area contributed by atoms with Gasteiger partial charge in [-0.05, 0) is 37.1 Å². The Hall–Kier alpha value is -1.34. The van der Waals surface area contributed by atoms with E-state index >= 15 is 0 Å². The Bertz CT molecular complexity index is 451. The molecule has 0 aromatic heterocycles. The SMILES string of the molecule is CCC(CC#N)NC(=O)c1ccc(Br)c(C)c1. The van der Waals surface area contributed by atoms with Gasteiger partial charge in [-0.15, -0.1) is 0 Å². The van der Waals surface area contributed by atoms with Crippen molar-refractivity contribution in [1.82, 2.24) is 5.32 Å². The minimum Gasteiger partial charge on any atom is -0.348 e. The Morgan fingerprint density at radius 2 is 2.29 bits per heavy atom. The van der Waals surface area contributed by atoms with Crippen molar-refractivity contribution in [3.8, 4) is 6.07 Å². The van der Waals surface area contributed by atoms with Crippen molar-refractivity contribution < 1.29 is 4.79 Å². The average Bonchev–Trinajstić information content (AvgIpc) is 2.31. The predicted molar refractivity (Wildman–Crippen MR) is 70.7 cm³/mol. The van der Waals surface area contributed by atoms with Crippen LogP contribution in [0.5, 0.6) is 0 Å². The first-order valence-electron chi connectivity index (χ1n) is 5.52. The number of nitrogens with zero attached hydrogens (tertiary/aromatic N) is 1. The molecule has 3 nitrogen and oxygen atoms in total. The molecule has 1 aromatic carbocycles. The minimum atomic E-state index is -0.122. The van der Waals surface area contributed by atoms with Crippen LogP contribution in [0.4, 0.5) is 0 Å². The predicted octanol–water partition coefficient (Wildman–Crippen LogP) is 3.18. The van der Waals surface area contributed by atoms with Crippen molar-refractivity contribution >= 4 is 21.8 Å². The maximum absolute atomic E-state index is 11.9. The first kappa shape index (κ1) is 13.7. The lowest BCUT2D eigenvalue weighted by atomic mass is 10.1. The van der Waals surface area contributed by atoms with Crippen LogP contribution in [0.1, 0.15) is 35.7 Å². The Morgan fingerprint density at radius 1 is 1.59 bits per heavy atom. The van der Waals surface area contributed by atoms with E-state index in [1.54, 1.807) is 6.07 Å². The number of nitriles is 1. The average molecular weight is 295 g/mol. The third-order valence-corrected chi connectivity index (χ3v) is 3.48. The first-order valence-corrected chi connectivity index (χ1v) is 6.31. The van der Waals surface area contributed by atoms with Crippen molar-refractivity contribution in [1.29, 1.82) is 5.26 Å². The van der Waals surface area contributed by atoms with Crippen LogP contribution >= 0.6 is 15.9 Å². The van der Waals surface area contributed by atoms with Crippen molar-refractivity contribution in [2.45, 2.75) is 32.7 Å². The number of amides is 1. The highest BCUT2D eigenvalue weighted by Crippen LogP contribution is 2.17. The van der Waals surface area contributed by atoms with Crippen LogP contribution in [0.15, 0.2) is 22.7 Å². The molecule has 90 valence electrons. The summed E-state index contributed by atoms with van der Waals surface area (Å²) >= 11 is 3.39. The maximum atomic E-state index is 11.9. The zero-order valence-corrected chi connectivity index (χ0v) is 11.5. The second kappa shape index (κ2) is 6.41. The van der Waals surface area contributed by atoms with Gasteiger partial charge in [-0.2, -0.15) is 5.26 Å². The van der Waals surface area contributed by atoms with E-state index in [4.69, 9.17) is 5.26 Å². The van der Waals surface area contributed by atoms with E-state index in [0.717, 1.165) is 16.5 Å². The van der Waals surface area contributed by atoms with Crippen LogP contribution in [0, 0.1) is 18.3 Å². The minimum absolute atomic E-state index is 0.0727. The number of hydrogen-bond donors (Lipinski definition) is 1. The second-order valence-electron chi connectivity index (χ2n) is 3.90. The number of aryl methyl sites for hydroxylation is 1. The zero-order valence-electron chi connectivity index (χ0n) is 9.96. The lowest BCUT2D eigenvalue weighted by molar-refractivity contribution is 0.0936. The summed E-state index contributed by atoms with van der Waals surface area (Å²) in [6.07, 6.45) is 1.10. The van der Waals surface area contributed by atoms with Gasteiger partial charge in [-0.3, -0.25) is 4.79 Å². The Balaban J connectivity index is 2.76. The van der Waals surface area contributed by atoms with Gasteiger partial charge in [-0.1, -0.05) is 22.9 Å². The molecular formula is C13H15BrN2O. The van der Waals surface area contributed by atoms with Gasteiger partial charge < -0.3 is 5.32 Å². The van der Waals surface area contributed by atoms with E-state index in [0.29, 0.717) is 12.0 Å². The molecule has 0 spiro atoms. The third kappa shape index (κ3) is 3.86. The fraction of sp³-hybridized carbons (Fsp3) is 0.385. The van der Waals surface area contributed by atoms with Gasteiger partial charge in [0, 0.05) is 16.1 Å². The normalized spacial score (nSPS) is 11.6. The monoisotopic (exact) mass is 294 g/mol. The number of carbonyl (C=O) groups is 1. The Morgan fingerprint density at radius 3 is 2.82 bits per heavy atom. The Labute approximate surface area is 110 Å². The van der Waals surface area contributed by atoms with Crippen molar-refractivity contribution in [2.75, 3.05) is 0 Å². The molecule has 17 heavy (non-hydrogen) atoms. The summed E-state index contributed by atoms with van der Waals surface area (Å²) in [6, 6.07) is 7.46. The molecule has 0 fully saturated rings. The van der Waals surface area contributed by atoms with E-state index in [1.165, 1.54) is 0 Å². The topological polar surface area (TPSA) is 52.9 Å². The van der Waals surface area contributed by atoms with Gasteiger partial charge in [-0.25, -0.2) is 0 Å². The molecule has 0 saturated heterocycles. The summed E-state index contributed by atoms with van der Waals surface area (Å²) in [4.78, 5) is 11.9. The summed E-state index contributed by atoms with van der Waals surface area (Å²) in [7, 11) is 0. The van der Waals surface area contributed by atoms with E-state index in [2.05, 4.69) is 27.3 Å². The summed E-state index contributed by atoms with van der Waals surface area (Å²) in [5.74, 6) is -0.122. The van der Waals surface area contributed by atoms with Crippen LogP contribution in [0.25, 0.3) is 0 Å². The third-order valence-electron chi connectivity index (χ3n) is 2.59.